The Morgan fingerprint density at radius 2 is 1.79 bits per heavy atom. The fourth-order valence-electron chi connectivity index (χ4n) is 4.04. The number of benzene rings is 3. The van der Waals surface area contributed by atoms with Gasteiger partial charge in [0.2, 0.25) is 0 Å². The molecule has 170 valence electrons. The molecule has 2 aromatic heterocycles. The number of pyridine rings is 1. The van der Waals surface area contributed by atoms with Gasteiger partial charge in [-0.05, 0) is 48.9 Å². The van der Waals surface area contributed by atoms with Gasteiger partial charge in [-0.1, -0.05) is 53.7 Å². The smallest absolute Gasteiger partial charge is 0.354 e. The van der Waals surface area contributed by atoms with Gasteiger partial charge in [-0.2, -0.15) is 0 Å². The number of methoxy groups -OCH3 is 1. The zero-order valence-electron chi connectivity index (χ0n) is 18.6. The van der Waals surface area contributed by atoms with Crippen molar-refractivity contribution in [1.82, 2.24) is 4.57 Å². The molecule has 34 heavy (non-hydrogen) atoms. The van der Waals surface area contributed by atoms with Crippen molar-refractivity contribution in [3.63, 3.8) is 0 Å². The van der Waals surface area contributed by atoms with E-state index in [0.29, 0.717) is 16.7 Å². The van der Waals surface area contributed by atoms with Crippen LogP contribution in [0.3, 0.4) is 0 Å². The van der Waals surface area contributed by atoms with E-state index in [1.807, 2.05) is 61.5 Å². The first-order valence-corrected chi connectivity index (χ1v) is 11.5. The van der Waals surface area contributed by atoms with Gasteiger partial charge < -0.3 is 18.8 Å². The zero-order valence-corrected chi connectivity index (χ0v) is 19.4. The molecule has 2 heterocycles. The molecule has 5 aromatic rings. The van der Waals surface area contributed by atoms with Gasteiger partial charge in [-0.15, -0.1) is 0 Å². The Hall–Kier alpha value is -3.97. The normalized spacial score (nSPS) is 11.2. The molecular formula is C27H21NO5S. The van der Waals surface area contributed by atoms with Crippen LogP contribution in [0.25, 0.3) is 21.9 Å². The summed E-state index contributed by atoms with van der Waals surface area (Å²) in [6, 6.07) is 22.2. The van der Waals surface area contributed by atoms with E-state index in [1.165, 1.54) is 0 Å². The molecule has 0 aliphatic heterocycles. The number of nitrogens with zero attached hydrogens (tertiary/aromatic N) is 1. The molecule has 0 bridgehead atoms. The number of fused-ring (bicyclic) bond motifs is 3. The minimum atomic E-state index is -0.688. The number of hydrogen-bond acceptors (Lipinski definition) is 6. The minimum Gasteiger partial charge on any atom is -0.505 e. The van der Waals surface area contributed by atoms with E-state index in [-0.39, 0.29) is 28.2 Å². The first kappa shape index (κ1) is 21.9. The molecule has 7 heteroatoms. The monoisotopic (exact) mass is 471 g/mol. The Morgan fingerprint density at radius 3 is 2.59 bits per heavy atom. The highest BCUT2D eigenvalue weighted by Crippen LogP contribution is 2.37. The topological polar surface area (TPSA) is 81.7 Å². The van der Waals surface area contributed by atoms with Gasteiger partial charge in [0.05, 0.1) is 19.2 Å². The largest absolute Gasteiger partial charge is 0.505 e. The van der Waals surface area contributed by atoms with Gasteiger partial charge in [0.25, 0.3) is 5.56 Å². The minimum absolute atomic E-state index is 0.0154. The highest BCUT2D eigenvalue weighted by atomic mass is 32.2. The lowest BCUT2D eigenvalue weighted by Gasteiger charge is -2.14. The standard InChI is InChI=1S/C27H21NO5S/c1-16-7-5-10-19(13-16)34-25-23(29)22-24(33-27(25)31)20-11-3-4-12-21(20)28(26(22)30)15-17-8-6-9-18(14-17)32-2/h3-14,29H,15H2,1-2H3. The van der Waals surface area contributed by atoms with Crippen LogP contribution < -0.4 is 15.9 Å². The molecular weight excluding hydrogens is 450 g/mol. The first-order valence-electron chi connectivity index (χ1n) is 10.6. The summed E-state index contributed by atoms with van der Waals surface area (Å²) in [5.41, 5.74) is 1.43. The molecule has 0 aliphatic rings. The third kappa shape index (κ3) is 3.84. The van der Waals surface area contributed by atoms with Crippen LogP contribution in [0, 0.1) is 6.92 Å². The second-order valence-corrected chi connectivity index (χ2v) is 9.03. The summed E-state index contributed by atoms with van der Waals surface area (Å²) in [7, 11) is 1.59. The summed E-state index contributed by atoms with van der Waals surface area (Å²) in [5.74, 6) is 0.314. The molecule has 0 unspecified atom stereocenters. The number of rotatable bonds is 5. The predicted molar refractivity (Wildman–Crippen MR) is 133 cm³/mol. The van der Waals surface area contributed by atoms with Crippen LogP contribution in [0.2, 0.25) is 0 Å². The average molecular weight is 472 g/mol. The van der Waals surface area contributed by atoms with Crippen LogP contribution in [0.5, 0.6) is 11.5 Å². The summed E-state index contributed by atoms with van der Waals surface area (Å²) in [6.45, 7) is 2.20. The van der Waals surface area contributed by atoms with E-state index < -0.39 is 11.2 Å². The molecule has 0 amide bonds. The molecule has 1 N–H and O–H groups in total. The van der Waals surface area contributed by atoms with Crippen LogP contribution in [0.4, 0.5) is 0 Å². The molecule has 0 saturated carbocycles. The van der Waals surface area contributed by atoms with E-state index in [0.717, 1.165) is 27.8 Å². The lowest BCUT2D eigenvalue weighted by Crippen LogP contribution is -2.22. The molecule has 0 saturated heterocycles. The molecule has 0 atom stereocenters. The fourth-order valence-corrected chi connectivity index (χ4v) is 4.99. The summed E-state index contributed by atoms with van der Waals surface area (Å²) >= 11 is 1.08. The molecule has 0 radical (unpaired) electrons. The van der Waals surface area contributed by atoms with Gasteiger partial charge in [0.15, 0.2) is 11.3 Å². The van der Waals surface area contributed by atoms with Gasteiger partial charge in [0, 0.05) is 10.3 Å². The second kappa shape index (κ2) is 8.76. The lowest BCUT2D eigenvalue weighted by atomic mass is 10.1. The van der Waals surface area contributed by atoms with E-state index in [2.05, 4.69) is 0 Å². The van der Waals surface area contributed by atoms with Crippen LogP contribution >= 0.6 is 11.8 Å². The van der Waals surface area contributed by atoms with E-state index in [1.54, 1.807) is 29.9 Å². The quantitative estimate of drug-likeness (QED) is 0.349. The number of aryl methyl sites for hydroxylation is 1. The van der Waals surface area contributed by atoms with Gasteiger partial charge in [-0.25, -0.2) is 4.79 Å². The summed E-state index contributed by atoms with van der Waals surface area (Å²) in [5, 5.41) is 11.7. The van der Waals surface area contributed by atoms with Crippen molar-refractivity contribution in [2.45, 2.75) is 23.3 Å². The number of ether oxygens (including phenoxy) is 1. The molecule has 0 fully saturated rings. The summed E-state index contributed by atoms with van der Waals surface area (Å²) in [4.78, 5) is 27.3. The Bertz CT molecular complexity index is 1670. The van der Waals surface area contributed by atoms with Crippen molar-refractivity contribution in [3.05, 3.63) is 105 Å². The number of aromatic nitrogens is 1. The maximum atomic E-state index is 13.7. The molecule has 6 nitrogen and oxygen atoms in total. The maximum absolute atomic E-state index is 13.7. The van der Waals surface area contributed by atoms with Gasteiger partial charge >= 0.3 is 5.63 Å². The van der Waals surface area contributed by atoms with Crippen LogP contribution in [-0.2, 0) is 6.54 Å². The Balaban J connectivity index is 1.76. The summed E-state index contributed by atoms with van der Waals surface area (Å²) < 4.78 is 12.5. The lowest BCUT2D eigenvalue weighted by molar-refractivity contribution is 0.414. The van der Waals surface area contributed by atoms with E-state index in [9.17, 15) is 14.7 Å². The van der Waals surface area contributed by atoms with Crippen molar-refractivity contribution >= 4 is 33.6 Å². The SMILES string of the molecule is COc1cccc(Cn2c(=O)c3c(O)c(Sc4cccc(C)c4)c(=O)oc3c3ccccc32)c1. The zero-order chi connectivity index (χ0) is 23.8. The highest BCUT2D eigenvalue weighted by molar-refractivity contribution is 7.99. The van der Waals surface area contributed by atoms with Crippen molar-refractivity contribution in [2.75, 3.05) is 7.11 Å². The van der Waals surface area contributed by atoms with Crippen molar-refractivity contribution in [3.8, 4) is 11.5 Å². The van der Waals surface area contributed by atoms with Crippen LogP contribution in [0.15, 0.2) is 96.6 Å². The molecule has 3 aromatic carbocycles. The third-order valence-electron chi connectivity index (χ3n) is 5.64. The van der Waals surface area contributed by atoms with Crippen LogP contribution in [-0.4, -0.2) is 16.8 Å². The highest BCUT2D eigenvalue weighted by Gasteiger charge is 2.22. The number of hydrogen-bond donors (Lipinski definition) is 1. The molecule has 5 rings (SSSR count). The van der Waals surface area contributed by atoms with Crippen molar-refractivity contribution in [1.29, 1.82) is 0 Å². The maximum Gasteiger partial charge on any atom is 0.354 e. The predicted octanol–water partition coefficient (Wildman–Crippen LogP) is 5.33. The molecule has 0 aliphatic carbocycles. The van der Waals surface area contributed by atoms with Crippen molar-refractivity contribution < 1.29 is 14.3 Å². The number of aromatic hydroxyl groups is 1. The Morgan fingerprint density at radius 1 is 1.00 bits per heavy atom. The van der Waals surface area contributed by atoms with Crippen molar-refractivity contribution in [2.24, 2.45) is 0 Å². The number of para-hydroxylation sites is 1. The Labute approximate surface area is 199 Å². The second-order valence-electron chi connectivity index (χ2n) is 7.95. The average Bonchev–Trinajstić information content (AvgIpc) is 2.84. The van der Waals surface area contributed by atoms with Gasteiger partial charge in [0.1, 0.15) is 16.0 Å². The first-order chi connectivity index (χ1) is 16.5. The molecule has 0 spiro atoms. The van der Waals surface area contributed by atoms with E-state index >= 15 is 0 Å². The fraction of sp³-hybridized carbons (Fsp3) is 0.111. The van der Waals surface area contributed by atoms with Gasteiger partial charge in [-0.3, -0.25) is 4.79 Å². The summed E-state index contributed by atoms with van der Waals surface area (Å²) in [6.07, 6.45) is 0. The van der Waals surface area contributed by atoms with E-state index in [4.69, 9.17) is 9.15 Å². The third-order valence-corrected chi connectivity index (χ3v) is 6.70. The van der Waals surface area contributed by atoms with Crippen LogP contribution in [0.1, 0.15) is 11.1 Å². The Kier molecular flexibility index (Phi) is 5.63.